The summed E-state index contributed by atoms with van der Waals surface area (Å²) in [7, 11) is -3.61. The Morgan fingerprint density at radius 1 is 1.42 bits per heavy atom. The molecule has 1 aromatic carbocycles. The zero-order valence-corrected chi connectivity index (χ0v) is 15.1. The zero-order chi connectivity index (χ0) is 17.0. The SMILES string of the molecule is CCOc1ccccc1S(=O)(=O)NCC1CCCN1c1nccs1. The minimum atomic E-state index is -3.61. The van der Waals surface area contributed by atoms with E-state index >= 15 is 0 Å². The van der Waals surface area contributed by atoms with Crippen molar-refractivity contribution in [3.05, 3.63) is 35.8 Å². The summed E-state index contributed by atoms with van der Waals surface area (Å²) in [5.41, 5.74) is 0. The second kappa shape index (κ2) is 7.50. The lowest BCUT2D eigenvalue weighted by Gasteiger charge is -2.24. The van der Waals surface area contributed by atoms with E-state index in [0.717, 1.165) is 24.5 Å². The normalized spacial score (nSPS) is 18.0. The van der Waals surface area contributed by atoms with E-state index in [-0.39, 0.29) is 10.9 Å². The Labute approximate surface area is 146 Å². The number of para-hydroxylation sites is 1. The molecule has 0 spiro atoms. The van der Waals surface area contributed by atoms with E-state index in [9.17, 15) is 8.42 Å². The number of thiazole rings is 1. The van der Waals surface area contributed by atoms with Crippen LogP contribution in [0.5, 0.6) is 5.75 Å². The lowest BCUT2D eigenvalue weighted by Crippen LogP contribution is -2.40. The lowest BCUT2D eigenvalue weighted by atomic mass is 10.2. The minimum Gasteiger partial charge on any atom is -0.492 e. The average molecular weight is 367 g/mol. The van der Waals surface area contributed by atoms with Gasteiger partial charge in [0.2, 0.25) is 10.0 Å². The van der Waals surface area contributed by atoms with Crippen LogP contribution in [0.2, 0.25) is 0 Å². The third-order valence-electron chi connectivity index (χ3n) is 3.99. The number of sulfonamides is 1. The van der Waals surface area contributed by atoms with Crippen LogP contribution < -0.4 is 14.4 Å². The van der Waals surface area contributed by atoms with Gasteiger partial charge in [-0.15, -0.1) is 11.3 Å². The summed E-state index contributed by atoms with van der Waals surface area (Å²) in [6, 6.07) is 6.85. The van der Waals surface area contributed by atoms with Crippen molar-refractivity contribution in [1.29, 1.82) is 0 Å². The third kappa shape index (κ3) is 3.71. The van der Waals surface area contributed by atoms with Crippen molar-refractivity contribution in [2.45, 2.75) is 30.7 Å². The summed E-state index contributed by atoms with van der Waals surface area (Å²) in [6.45, 7) is 3.53. The lowest BCUT2D eigenvalue weighted by molar-refractivity contribution is 0.331. The van der Waals surface area contributed by atoms with E-state index in [2.05, 4.69) is 14.6 Å². The van der Waals surface area contributed by atoms with E-state index in [1.54, 1.807) is 41.8 Å². The Hall–Kier alpha value is -1.64. The first-order valence-electron chi connectivity index (χ1n) is 7.99. The maximum Gasteiger partial charge on any atom is 0.244 e. The van der Waals surface area contributed by atoms with Gasteiger partial charge in [-0.05, 0) is 31.9 Å². The van der Waals surface area contributed by atoms with E-state index in [1.807, 2.05) is 12.3 Å². The Kier molecular flexibility index (Phi) is 5.37. The van der Waals surface area contributed by atoms with Gasteiger partial charge in [-0.2, -0.15) is 0 Å². The highest BCUT2D eigenvalue weighted by molar-refractivity contribution is 7.89. The number of ether oxygens (including phenoxy) is 1. The molecule has 0 aliphatic carbocycles. The fourth-order valence-electron chi connectivity index (χ4n) is 2.89. The molecule has 1 saturated heterocycles. The van der Waals surface area contributed by atoms with Crippen molar-refractivity contribution >= 4 is 26.5 Å². The standard InChI is InChI=1S/C16H21N3O3S2/c1-2-22-14-7-3-4-8-15(14)24(20,21)18-12-13-6-5-10-19(13)16-17-9-11-23-16/h3-4,7-9,11,13,18H,2,5-6,10,12H2,1H3. The second-order valence-corrected chi connectivity index (χ2v) is 8.14. The molecule has 1 unspecified atom stereocenters. The Morgan fingerprint density at radius 3 is 3.00 bits per heavy atom. The van der Waals surface area contributed by atoms with Crippen LogP contribution in [0, 0.1) is 0 Å². The van der Waals surface area contributed by atoms with Crippen LogP contribution in [0.3, 0.4) is 0 Å². The average Bonchev–Trinajstić information content (AvgIpc) is 3.25. The molecule has 0 amide bonds. The molecule has 1 fully saturated rings. The van der Waals surface area contributed by atoms with Crippen molar-refractivity contribution in [2.75, 3.05) is 24.6 Å². The fraction of sp³-hybridized carbons (Fsp3) is 0.438. The molecule has 1 aliphatic heterocycles. The van der Waals surface area contributed by atoms with Crippen molar-refractivity contribution in [2.24, 2.45) is 0 Å². The quantitative estimate of drug-likeness (QED) is 0.814. The summed E-state index contributed by atoms with van der Waals surface area (Å²) in [4.78, 5) is 6.70. The summed E-state index contributed by atoms with van der Waals surface area (Å²) >= 11 is 1.58. The Balaban J connectivity index is 1.71. The Bertz CT molecular complexity index is 763. The molecule has 130 valence electrons. The molecule has 24 heavy (non-hydrogen) atoms. The first-order chi connectivity index (χ1) is 11.6. The maximum absolute atomic E-state index is 12.7. The highest BCUT2D eigenvalue weighted by atomic mass is 32.2. The Morgan fingerprint density at radius 2 is 2.25 bits per heavy atom. The summed E-state index contributed by atoms with van der Waals surface area (Å²) in [5.74, 6) is 0.385. The predicted octanol–water partition coefficient (Wildman–Crippen LogP) is 2.49. The van der Waals surface area contributed by atoms with Gasteiger partial charge in [0.1, 0.15) is 10.6 Å². The molecule has 1 aliphatic rings. The van der Waals surface area contributed by atoms with Crippen molar-refractivity contribution in [1.82, 2.24) is 9.71 Å². The molecule has 1 atom stereocenters. The monoisotopic (exact) mass is 367 g/mol. The summed E-state index contributed by atoms with van der Waals surface area (Å²) in [5, 5.41) is 2.89. The zero-order valence-electron chi connectivity index (χ0n) is 13.5. The topological polar surface area (TPSA) is 71.5 Å². The molecule has 0 saturated carbocycles. The van der Waals surface area contributed by atoms with E-state index in [1.165, 1.54) is 0 Å². The molecule has 0 radical (unpaired) electrons. The summed E-state index contributed by atoms with van der Waals surface area (Å²) in [6.07, 6.45) is 3.77. The number of hydrogen-bond donors (Lipinski definition) is 1. The van der Waals surface area contributed by atoms with Gasteiger partial charge in [-0.3, -0.25) is 0 Å². The fourth-order valence-corrected chi connectivity index (χ4v) is 4.85. The maximum atomic E-state index is 12.7. The van der Waals surface area contributed by atoms with E-state index < -0.39 is 10.0 Å². The van der Waals surface area contributed by atoms with E-state index in [0.29, 0.717) is 18.9 Å². The number of rotatable bonds is 7. The molecular formula is C16H21N3O3S2. The smallest absolute Gasteiger partial charge is 0.244 e. The van der Waals surface area contributed by atoms with Gasteiger partial charge >= 0.3 is 0 Å². The van der Waals surface area contributed by atoms with Crippen LogP contribution in [0.1, 0.15) is 19.8 Å². The van der Waals surface area contributed by atoms with Crippen molar-refractivity contribution in [3.63, 3.8) is 0 Å². The largest absolute Gasteiger partial charge is 0.492 e. The number of aromatic nitrogens is 1. The minimum absolute atomic E-state index is 0.130. The van der Waals surface area contributed by atoms with Crippen LogP contribution in [0.15, 0.2) is 40.7 Å². The van der Waals surface area contributed by atoms with Gasteiger partial charge in [-0.25, -0.2) is 18.1 Å². The van der Waals surface area contributed by atoms with Crippen molar-refractivity contribution < 1.29 is 13.2 Å². The van der Waals surface area contributed by atoms with Gasteiger partial charge in [0, 0.05) is 30.7 Å². The van der Waals surface area contributed by atoms with Gasteiger partial charge < -0.3 is 9.64 Å². The van der Waals surface area contributed by atoms with Gasteiger partial charge in [0.15, 0.2) is 5.13 Å². The predicted molar refractivity (Wildman–Crippen MR) is 95.3 cm³/mol. The molecule has 3 rings (SSSR count). The molecule has 1 N–H and O–H groups in total. The van der Waals surface area contributed by atoms with Gasteiger partial charge in [-0.1, -0.05) is 12.1 Å². The van der Waals surface area contributed by atoms with Crippen LogP contribution in [-0.4, -0.2) is 39.1 Å². The molecule has 2 aromatic rings. The highest BCUT2D eigenvalue weighted by Gasteiger charge is 2.28. The number of anilines is 1. The number of benzene rings is 1. The van der Waals surface area contributed by atoms with Gasteiger partial charge in [0.05, 0.1) is 6.61 Å². The van der Waals surface area contributed by atoms with Gasteiger partial charge in [0.25, 0.3) is 0 Å². The summed E-state index contributed by atoms with van der Waals surface area (Å²) < 4.78 is 33.5. The van der Waals surface area contributed by atoms with Crippen LogP contribution in [0.4, 0.5) is 5.13 Å². The number of nitrogens with one attached hydrogen (secondary N) is 1. The first-order valence-corrected chi connectivity index (χ1v) is 10.4. The molecule has 6 nitrogen and oxygen atoms in total. The highest BCUT2D eigenvalue weighted by Crippen LogP contribution is 2.28. The molecule has 8 heteroatoms. The first kappa shape index (κ1) is 17.2. The third-order valence-corrected chi connectivity index (χ3v) is 6.26. The number of nitrogens with zero attached hydrogens (tertiary/aromatic N) is 2. The molecule has 0 bridgehead atoms. The molecule has 2 heterocycles. The van der Waals surface area contributed by atoms with Crippen molar-refractivity contribution in [3.8, 4) is 5.75 Å². The number of hydrogen-bond acceptors (Lipinski definition) is 6. The van der Waals surface area contributed by atoms with E-state index in [4.69, 9.17) is 4.74 Å². The molecular weight excluding hydrogens is 346 g/mol. The molecule has 1 aromatic heterocycles. The second-order valence-electron chi connectivity index (χ2n) is 5.54. The van der Waals surface area contributed by atoms with Crippen LogP contribution in [0.25, 0.3) is 0 Å². The van der Waals surface area contributed by atoms with Crippen LogP contribution in [-0.2, 0) is 10.0 Å². The van der Waals surface area contributed by atoms with Crippen LogP contribution >= 0.6 is 11.3 Å².